The van der Waals surface area contributed by atoms with Gasteiger partial charge in [0.15, 0.2) is 23.0 Å². The second-order valence-electron chi connectivity index (χ2n) is 9.14. The van der Waals surface area contributed by atoms with Gasteiger partial charge in [0.2, 0.25) is 29.4 Å². The first kappa shape index (κ1) is 23.2. The van der Waals surface area contributed by atoms with E-state index in [9.17, 15) is 13.2 Å². The number of carbonyl (C=O) groups excluding carboxylic acids is 1. The highest BCUT2D eigenvalue weighted by atomic mass is 32.2. The van der Waals surface area contributed by atoms with E-state index in [1.54, 1.807) is 30.2 Å². The highest BCUT2D eigenvalue weighted by Gasteiger charge is 2.41. The van der Waals surface area contributed by atoms with E-state index >= 15 is 0 Å². The lowest BCUT2D eigenvalue weighted by Crippen LogP contribution is -2.50. The van der Waals surface area contributed by atoms with Crippen LogP contribution in [0.3, 0.4) is 0 Å². The Labute approximate surface area is 209 Å². The molecule has 12 heteroatoms. The first-order chi connectivity index (χ1) is 17.4. The molecule has 0 radical (unpaired) electrons. The minimum absolute atomic E-state index is 0.0647. The average molecular weight is 518 g/mol. The molecule has 4 aliphatic heterocycles. The van der Waals surface area contributed by atoms with Crippen LogP contribution in [-0.4, -0.2) is 88.9 Å². The molecule has 0 aromatic heterocycles. The van der Waals surface area contributed by atoms with Gasteiger partial charge in [0, 0.05) is 50.4 Å². The lowest BCUT2D eigenvalue weighted by atomic mass is 9.97. The molecule has 0 unspecified atom stereocenters. The maximum Gasteiger partial charge on any atom is 0.254 e. The molecule has 2 aromatic rings. The van der Waals surface area contributed by atoms with Crippen molar-refractivity contribution in [2.75, 3.05) is 60.5 Å². The molecule has 6 rings (SSSR count). The Balaban J connectivity index is 1.27. The minimum Gasteiger partial charge on any atom is -0.492 e. The van der Waals surface area contributed by atoms with Gasteiger partial charge in [-0.25, -0.2) is 8.42 Å². The van der Waals surface area contributed by atoms with E-state index in [0.717, 1.165) is 12.1 Å². The molecule has 0 N–H and O–H groups in total. The van der Waals surface area contributed by atoms with E-state index in [1.165, 1.54) is 4.31 Å². The number of piperazine rings is 1. The summed E-state index contributed by atoms with van der Waals surface area (Å²) >= 11 is 0. The molecule has 4 heterocycles. The van der Waals surface area contributed by atoms with Crippen LogP contribution in [0.1, 0.15) is 21.5 Å². The monoisotopic (exact) mass is 517 g/mol. The molecule has 36 heavy (non-hydrogen) atoms. The molecule has 0 spiro atoms. The summed E-state index contributed by atoms with van der Waals surface area (Å²) in [4.78, 5) is 17.0. The van der Waals surface area contributed by atoms with Gasteiger partial charge in [0.1, 0.15) is 4.90 Å². The highest BCUT2D eigenvalue weighted by Crippen LogP contribution is 2.51. The second kappa shape index (κ2) is 8.71. The van der Waals surface area contributed by atoms with Crippen molar-refractivity contribution >= 4 is 15.9 Å². The van der Waals surface area contributed by atoms with Crippen LogP contribution in [0.4, 0.5) is 0 Å². The summed E-state index contributed by atoms with van der Waals surface area (Å²) < 4.78 is 57.0. The van der Waals surface area contributed by atoms with E-state index in [4.69, 9.17) is 23.7 Å². The van der Waals surface area contributed by atoms with Crippen LogP contribution < -0.4 is 23.7 Å². The number of benzene rings is 2. The number of nitrogens with zero attached hydrogens (tertiary/aromatic N) is 3. The first-order valence-electron chi connectivity index (χ1n) is 11.8. The third kappa shape index (κ3) is 3.62. The number of likely N-dealkylation sites (N-methyl/N-ethyl adjacent to an activating group) is 1. The number of hydrogen-bond donors (Lipinski definition) is 0. The SMILES string of the molecule is COc1c2c(c(S(=O)(=O)N3CCN(C(=O)c4ccc5c(c4)OCO5)CC3)c3c1OCO3)CCN(C)C2. The average Bonchev–Trinajstić information content (AvgIpc) is 3.56. The molecule has 1 saturated heterocycles. The lowest BCUT2D eigenvalue weighted by Gasteiger charge is -2.35. The molecule has 1 amide bonds. The zero-order valence-electron chi connectivity index (χ0n) is 20.1. The zero-order chi connectivity index (χ0) is 25.0. The Morgan fingerprint density at radius 3 is 2.42 bits per heavy atom. The molecule has 0 bridgehead atoms. The number of fused-ring (bicyclic) bond motifs is 3. The number of carbonyl (C=O) groups is 1. The molecular weight excluding hydrogens is 490 g/mol. The number of hydrogen-bond acceptors (Lipinski definition) is 9. The quantitative estimate of drug-likeness (QED) is 0.593. The Hall–Kier alpha value is -3.22. The van der Waals surface area contributed by atoms with Gasteiger partial charge in [-0.3, -0.25) is 4.79 Å². The Kier molecular flexibility index (Phi) is 5.61. The van der Waals surface area contributed by atoms with Gasteiger partial charge >= 0.3 is 0 Å². The summed E-state index contributed by atoms with van der Waals surface area (Å²) in [6.07, 6.45) is 0.552. The van der Waals surface area contributed by atoms with E-state index < -0.39 is 10.0 Å². The third-order valence-corrected chi connectivity index (χ3v) is 9.05. The third-order valence-electron chi connectivity index (χ3n) is 7.06. The summed E-state index contributed by atoms with van der Waals surface area (Å²) in [5, 5.41) is 0. The van der Waals surface area contributed by atoms with Gasteiger partial charge in [-0.2, -0.15) is 4.31 Å². The van der Waals surface area contributed by atoms with Gasteiger partial charge < -0.3 is 33.5 Å². The van der Waals surface area contributed by atoms with Crippen LogP contribution in [0.15, 0.2) is 23.1 Å². The molecule has 4 aliphatic rings. The fourth-order valence-corrected chi connectivity index (χ4v) is 7.03. The largest absolute Gasteiger partial charge is 0.492 e. The van der Waals surface area contributed by atoms with Crippen LogP contribution in [-0.2, 0) is 23.0 Å². The molecule has 192 valence electrons. The van der Waals surface area contributed by atoms with Crippen molar-refractivity contribution in [2.45, 2.75) is 17.9 Å². The fraction of sp³-hybridized carbons (Fsp3) is 0.458. The summed E-state index contributed by atoms with van der Waals surface area (Å²) in [6, 6.07) is 5.07. The molecule has 0 atom stereocenters. The maximum absolute atomic E-state index is 14.0. The van der Waals surface area contributed by atoms with Crippen molar-refractivity contribution in [3.8, 4) is 28.7 Å². The van der Waals surface area contributed by atoms with Gasteiger partial charge in [-0.05, 0) is 37.2 Å². The standard InChI is InChI=1S/C24H27N3O8S/c1-25-6-5-16-17(12-25)20(31-2)21-22(35-14-34-21)23(16)36(29,30)27-9-7-26(8-10-27)24(28)15-3-4-18-19(11-15)33-13-32-18/h3-4,11H,5-10,12-14H2,1-2H3. The van der Waals surface area contributed by atoms with Crippen LogP contribution >= 0.6 is 0 Å². The van der Waals surface area contributed by atoms with Crippen molar-refractivity contribution in [3.05, 3.63) is 34.9 Å². The molecule has 1 fully saturated rings. The van der Waals surface area contributed by atoms with Crippen molar-refractivity contribution < 1.29 is 36.9 Å². The van der Waals surface area contributed by atoms with Crippen LogP contribution in [0.5, 0.6) is 28.7 Å². The smallest absolute Gasteiger partial charge is 0.254 e. The highest BCUT2D eigenvalue weighted by molar-refractivity contribution is 7.89. The maximum atomic E-state index is 14.0. The molecular formula is C24H27N3O8S. The van der Waals surface area contributed by atoms with E-state index in [-0.39, 0.29) is 56.3 Å². The number of sulfonamides is 1. The molecule has 0 aliphatic carbocycles. The summed E-state index contributed by atoms with van der Waals surface area (Å²) in [5.74, 6) is 2.05. The normalized spacial score (nSPS) is 19.3. The van der Waals surface area contributed by atoms with Crippen molar-refractivity contribution in [3.63, 3.8) is 0 Å². The summed E-state index contributed by atoms with van der Waals surface area (Å²) in [6.45, 7) is 2.23. The molecule has 2 aromatic carbocycles. The molecule has 0 saturated carbocycles. The predicted octanol–water partition coefficient (Wildman–Crippen LogP) is 1.29. The predicted molar refractivity (Wildman–Crippen MR) is 126 cm³/mol. The van der Waals surface area contributed by atoms with E-state index in [1.807, 2.05) is 7.05 Å². The van der Waals surface area contributed by atoms with Crippen molar-refractivity contribution in [1.82, 2.24) is 14.1 Å². The Morgan fingerprint density at radius 2 is 1.64 bits per heavy atom. The van der Waals surface area contributed by atoms with Crippen LogP contribution in [0.25, 0.3) is 0 Å². The van der Waals surface area contributed by atoms with Crippen molar-refractivity contribution in [2.24, 2.45) is 0 Å². The number of amides is 1. The lowest BCUT2D eigenvalue weighted by molar-refractivity contribution is 0.0697. The number of methoxy groups -OCH3 is 1. The van der Waals surface area contributed by atoms with Crippen LogP contribution in [0.2, 0.25) is 0 Å². The topological polar surface area (TPSA) is 107 Å². The van der Waals surface area contributed by atoms with Crippen LogP contribution in [0, 0.1) is 0 Å². The van der Waals surface area contributed by atoms with Gasteiger partial charge in [0.25, 0.3) is 5.91 Å². The first-order valence-corrected chi connectivity index (χ1v) is 13.2. The Bertz CT molecular complexity index is 1340. The van der Waals surface area contributed by atoms with E-state index in [0.29, 0.717) is 47.1 Å². The van der Waals surface area contributed by atoms with Gasteiger partial charge in [-0.15, -0.1) is 0 Å². The number of ether oxygens (including phenoxy) is 5. The van der Waals surface area contributed by atoms with Gasteiger partial charge in [0.05, 0.1) is 7.11 Å². The molecule has 11 nitrogen and oxygen atoms in total. The number of rotatable bonds is 4. The Morgan fingerprint density at radius 1 is 0.917 bits per heavy atom. The van der Waals surface area contributed by atoms with Gasteiger partial charge in [-0.1, -0.05) is 0 Å². The fourth-order valence-electron chi connectivity index (χ4n) is 5.21. The summed E-state index contributed by atoms with van der Waals surface area (Å²) in [7, 11) is -0.377. The van der Waals surface area contributed by atoms with E-state index in [2.05, 4.69) is 4.90 Å². The second-order valence-corrected chi connectivity index (χ2v) is 11.0. The summed E-state index contributed by atoms with van der Waals surface area (Å²) in [5.41, 5.74) is 2.01. The minimum atomic E-state index is -3.91. The zero-order valence-corrected chi connectivity index (χ0v) is 20.9. The van der Waals surface area contributed by atoms with Crippen molar-refractivity contribution in [1.29, 1.82) is 0 Å².